The van der Waals surface area contributed by atoms with E-state index in [4.69, 9.17) is 11.6 Å². The van der Waals surface area contributed by atoms with Crippen molar-refractivity contribution in [2.75, 3.05) is 0 Å². The molecule has 1 heterocycles. The van der Waals surface area contributed by atoms with Crippen molar-refractivity contribution >= 4 is 29.3 Å². The van der Waals surface area contributed by atoms with Crippen LogP contribution in [0.1, 0.15) is 16.8 Å². The van der Waals surface area contributed by atoms with Gasteiger partial charge in [0.05, 0.1) is 11.8 Å². The van der Waals surface area contributed by atoms with Crippen LogP contribution in [-0.4, -0.2) is 22.7 Å². The van der Waals surface area contributed by atoms with Crippen molar-refractivity contribution in [3.63, 3.8) is 0 Å². The summed E-state index contributed by atoms with van der Waals surface area (Å²) < 4.78 is 0. The van der Waals surface area contributed by atoms with Gasteiger partial charge in [-0.1, -0.05) is 23.8 Å². The number of benzene rings is 1. The maximum Gasteiger partial charge on any atom is 0.270 e. The van der Waals surface area contributed by atoms with Crippen LogP contribution in [0.15, 0.2) is 36.4 Å². The fourth-order valence-electron chi connectivity index (χ4n) is 4.83. The Balaban J connectivity index is 1.40. The molecule has 1 aromatic rings. The minimum atomic E-state index is -0.475. The Kier molecular flexibility index (Phi) is 2.78. The molecule has 1 aliphatic heterocycles. The first-order valence-corrected chi connectivity index (χ1v) is 8.57. The molecule has 1 aromatic carbocycles. The number of allylic oxidation sites excluding steroid dienone is 2. The highest BCUT2D eigenvalue weighted by Gasteiger charge is 2.67. The molecule has 4 aliphatic carbocycles. The van der Waals surface area contributed by atoms with Crippen LogP contribution >= 0.6 is 11.6 Å². The van der Waals surface area contributed by atoms with Gasteiger partial charge in [-0.05, 0) is 54.4 Å². The van der Waals surface area contributed by atoms with Crippen molar-refractivity contribution in [3.8, 4) is 0 Å². The van der Waals surface area contributed by atoms with Gasteiger partial charge in [0.1, 0.15) is 0 Å². The second kappa shape index (κ2) is 4.70. The Morgan fingerprint density at radius 1 is 1.00 bits per heavy atom. The summed E-state index contributed by atoms with van der Waals surface area (Å²) in [6.45, 7) is 0. The number of nitrogens with one attached hydrogen (secondary N) is 1. The summed E-state index contributed by atoms with van der Waals surface area (Å²) in [5.41, 5.74) is 2.85. The zero-order chi connectivity index (χ0) is 16.6. The molecule has 6 heteroatoms. The molecule has 5 aliphatic rings. The van der Waals surface area contributed by atoms with E-state index in [1.165, 1.54) is 0 Å². The third-order valence-electron chi connectivity index (χ3n) is 5.98. The first-order chi connectivity index (χ1) is 11.6. The molecule has 0 radical (unpaired) electrons. The average Bonchev–Trinajstić information content (AvgIpc) is 3.36. The minimum absolute atomic E-state index is 0.152. The minimum Gasteiger partial charge on any atom is -0.272 e. The monoisotopic (exact) mass is 342 g/mol. The average molecular weight is 343 g/mol. The number of hydrogen-bond donors (Lipinski definition) is 1. The first-order valence-electron chi connectivity index (χ1n) is 8.19. The Bertz CT molecular complexity index is 767. The molecule has 0 aromatic heterocycles. The van der Waals surface area contributed by atoms with Gasteiger partial charge in [-0.25, -0.2) is 0 Å². The van der Waals surface area contributed by atoms with Crippen LogP contribution in [-0.2, 0) is 9.59 Å². The lowest BCUT2D eigenvalue weighted by Crippen LogP contribution is -2.46. The van der Waals surface area contributed by atoms with E-state index in [0.29, 0.717) is 22.4 Å². The molecule has 6 rings (SSSR count). The molecule has 2 saturated carbocycles. The third kappa shape index (κ3) is 1.79. The lowest BCUT2D eigenvalue weighted by Gasteiger charge is -2.37. The number of hydrazine groups is 1. The third-order valence-corrected chi connectivity index (χ3v) is 6.23. The predicted molar refractivity (Wildman–Crippen MR) is 85.5 cm³/mol. The molecule has 122 valence electrons. The zero-order valence-electron chi connectivity index (χ0n) is 12.7. The second-order valence-electron chi connectivity index (χ2n) is 7.11. The first kappa shape index (κ1) is 14.2. The molecule has 0 unspecified atom stereocenters. The van der Waals surface area contributed by atoms with Crippen LogP contribution in [0.25, 0.3) is 0 Å². The van der Waals surface area contributed by atoms with Gasteiger partial charge in [-0.2, -0.15) is 5.01 Å². The number of carbonyl (C=O) groups excluding carboxylic acids is 3. The normalized spacial score (nSPS) is 38.1. The number of rotatable bonds is 2. The summed E-state index contributed by atoms with van der Waals surface area (Å²) in [7, 11) is 0. The van der Waals surface area contributed by atoms with E-state index < -0.39 is 5.91 Å². The highest BCUT2D eigenvalue weighted by atomic mass is 35.5. The van der Waals surface area contributed by atoms with Gasteiger partial charge in [0.25, 0.3) is 17.7 Å². The summed E-state index contributed by atoms with van der Waals surface area (Å²) in [6.07, 6.45) is 5.33. The molecule has 2 bridgehead atoms. The summed E-state index contributed by atoms with van der Waals surface area (Å²) in [5, 5.41) is 1.47. The van der Waals surface area contributed by atoms with Gasteiger partial charge >= 0.3 is 0 Å². The highest BCUT2D eigenvalue weighted by Crippen LogP contribution is 2.65. The largest absolute Gasteiger partial charge is 0.272 e. The van der Waals surface area contributed by atoms with E-state index in [1.807, 2.05) is 0 Å². The van der Waals surface area contributed by atoms with Crippen molar-refractivity contribution in [1.82, 2.24) is 10.4 Å². The zero-order valence-corrected chi connectivity index (χ0v) is 13.4. The van der Waals surface area contributed by atoms with Crippen LogP contribution in [0.5, 0.6) is 0 Å². The van der Waals surface area contributed by atoms with Gasteiger partial charge < -0.3 is 0 Å². The Labute approximate surface area is 143 Å². The molecule has 24 heavy (non-hydrogen) atoms. The van der Waals surface area contributed by atoms with E-state index in [-0.39, 0.29) is 35.5 Å². The Hall–Kier alpha value is -2.14. The fourth-order valence-corrected chi connectivity index (χ4v) is 4.96. The molecule has 0 spiro atoms. The van der Waals surface area contributed by atoms with Crippen LogP contribution in [0, 0.1) is 35.5 Å². The molecular weight excluding hydrogens is 328 g/mol. The van der Waals surface area contributed by atoms with Crippen molar-refractivity contribution in [1.29, 1.82) is 0 Å². The summed E-state index contributed by atoms with van der Waals surface area (Å²) >= 11 is 5.82. The lowest BCUT2D eigenvalue weighted by molar-refractivity contribution is -0.143. The maximum absolute atomic E-state index is 12.8. The summed E-state index contributed by atoms with van der Waals surface area (Å²) in [6, 6.07) is 6.33. The quantitative estimate of drug-likeness (QED) is 0.660. The number of halogens is 1. The molecule has 5 nitrogen and oxygen atoms in total. The smallest absolute Gasteiger partial charge is 0.270 e. The number of imide groups is 1. The molecule has 6 atom stereocenters. The van der Waals surface area contributed by atoms with Crippen LogP contribution < -0.4 is 5.43 Å². The van der Waals surface area contributed by atoms with Gasteiger partial charge in [-0.15, -0.1) is 0 Å². The van der Waals surface area contributed by atoms with E-state index in [0.717, 1.165) is 11.4 Å². The van der Waals surface area contributed by atoms with Gasteiger partial charge in [0.15, 0.2) is 0 Å². The van der Waals surface area contributed by atoms with E-state index in [9.17, 15) is 14.4 Å². The van der Waals surface area contributed by atoms with Crippen LogP contribution in [0.3, 0.4) is 0 Å². The van der Waals surface area contributed by atoms with E-state index >= 15 is 0 Å². The lowest BCUT2D eigenvalue weighted by atomic mass is 9.63. The maximum atomic E-state index is 12.8. The number of nitrogens with zero attached hydrogens (tertiary/aromatic N) is 1. The fraction of sp³-hybridized carbons (Fsp3) is 0.389. The van der Waals surface area contributed by atoms with Crippen molar-refractivity contribution in [3.05, 3.63) is 47.0 Å². The van der Waals surface area contributed by atoms with Gasteiger partial charge in [0, 0.05) is 10.6 Å². The van der Waals surface area contributed by atoms with Crippen molar-refractivity contribution < 1.29 is 14.4 Å². The van der Waals surface area contributed by atoms with E-state index in [2.05, 4.69) is 17.6 Å². The highest BCUT2D eigenvalue weighted by molar-refractivity contribution is 6.30. The summed E-state index contributed by atoms with van der Waals surface area (Å²) in [5.74, 6) is -0.220. The van der Waals surface area contributed by atoms with Crippen molar-refractivity contribution in [2.45, 2.75) is 6.42 Å². The molecule has 3 fully saturated rings. The van der Waals surface area contributed by atoms with Gasteiger partial charge in [-0.3, -0.25) is 19.8 Å². The molecule has 3 amide bonds. The van der Waals surface area contributed by atoms with E-state index in [1.54, 1.807) is 24.3 Å². The summed E-state index contributed by atoms with van der Waals surface area (Å²) in [4.78, 5) is 37.9. The predicted octanol–water partition coefficient (Wildman–Crippen LogP) is 2.04. The number of carbonyl (C=O) groups is 3. The Morgan fingerprint density at radius 3 is 2.08 bits per heavy atom. The number of amides is 3. The Morgan fingerprint density at radius 2 is 1.54 bits per heavy atom. The molecule has 1 N–H and O–H groups in total. The SMILES string of the molecule is O=C(NN1C(=O)[C@@H]2[C@H]3C=C[C@@H]([C@@H]4C[C@@H]34)[C@@H]2C1=O)c1ccc(Cl)cc1. The molecule has 1 saturated heterocycles. The second-order valence-corrected chi connectivity index (χ2v) is 7.55. The topological polar surface area (TPSA) is 66.5 Å². The van der Waals surface area contributed by atoms with Crippen LogP contribution in [0.2, 0.25) is 5.02 Å². The number of hydrogen-bond acceptors (Lipinski definition) is 3. The van der Waals surface area contributed by atoms with Gasteiger partial charge in [0.2, 0.25) is 0 Å². The molecular formula is C18H15ClN2O3. The van der Waals surface area contributed by atoms with Crippen molar-refractivity contribution in [2.24, 2.45) is 35.5 Å². The van der Waals surface area contributed by atoms with Crippen LogP contribution in [0.4, 0.5) is 0 Å². The standard InChI is InChI=1S/C18H15ClN2O3/c19-9-3-1-8(2-4-9)16(22)20-21-17(23)14-10-5-6-11(13-7-12(10)13)15(14)18(21)24/h1-6,10-15H,7H2,(H,20,22)/t10-,11-,12-,13-,14-,15+/m0/s1.